The fourth-order valence-corrected chi connectivity index (χ4v) is 17.9. The first-order chi connectivity index (χ1) is 26.1. The van der Waals surface area contributed by atoms with Crippen LogP contribution >= 0.6 is 0 Å². The average molecular weight is 749 g/mol. The third-order valence-corrected chi connectivity index (χ3v) is 20.3. The Morgan fingerprint density at radius 2 is 0.774 bits per heavy atom. The van der Waals surface area contributed by atoms with Crippen molar-refractivity contribution in [3.8, 4) is 5.69 Å². The van der Waals surface area contributed by atoms with Crippen LogP contribution in [0.4, 0.5) is 25.8 Å². The number of nitrogens with zero attached hydrogens (tertiary/aromatic N) is 2. The minimum absolute atomic E-state index is 0.269. The van der Waals surface area contributed by atoms with Gasteiger partial charge in [-0.3, -0.25) is 0 Å². The van der Waals surface area contributed by atoms with Crippen LogP contribution in [-0.2, 0) is 0 Å². The first kappa shape index (κ1) is 32.7. The molecule has 0 atom stereocenters. The van der Waals surface area contributed by atoms with Crippen LogP contribution in [0.3, 0.4) is 0 Å². The summed E-state index contributed by atoms with van der Waals surface area (Å²) in [5, 5.41) is 2.16. The summed E-state index contributed by atoms with van der Waals surface area (Å²) in [5.74, 6) is -0.553. The van der Waals surface area contributed by atoms with Gasteiger partial charge in [-0.2, -0.15) is 0 Å². The van der Waals surface area contributed by atoms with Crippen molar-refractivity contribution in [2.75, 3.05) is 4.90 Å². The molecule has 254 valence electrons. The molecule has 0 radical (unpaired) electrons. The van der Waals surface area contributed by atoms with E-state index in [4.69, 9.17) is 0 Å². The van der Waals surface area contributed by atoms with Gasteiger partial charge in [0.15, 0.2) is 0 Å². The minimum atomic E-state index is -3.47. The number of benzene rings is 8. The summed E-state index contributed by atoms with van der Waals surface area (Å²) in [6.07, 6.45) is 0. The second kappa shape index (κ2) is 13.7. The molecule has 0 N–H and O–H groups in total. The van der Waals surface area contributed by atoms with E-state index in [0.717, 1.165) is 44.6 Å². The van der Waals surface area contributed by atoms with Gasteiger partial charge in [0.05, 0.1) is 0 Å². The van der Waals surface area contributed by atoms with Crippen molar-refractivity contribution in [2.24, 2.45) is 0 Å². The SMILES string of the molecule is Fc1ccc(N(c2cc[c]([Ge]([c]3ccccc3)([c]3ccccc3)[c]3ccccc3)cc2)c2ccc3c(c2)c2ccccc2n3-c2ccc(F)cc2)cc1. The van der Waals surface area contributed by atoms with Crippen LogP contribution in [0.25, 0.3) is 27.5 Å². The number of fused-ring (bicyclic) bond motifs is 3. The van der Waals surface area contributed by atoms with Crippen LogP contribution in [0.5, 0.6) is 0 Å². The van der Waals surface area contributed by atoms with Gasteiger partial charge < -0.3 is 0 Å². The Kier molecular flexibility index (Phi) is 8.45. The predicted octanol–water partition coefficient (Wildman–Crippen LogP) is 9.91. The standard InChI is InChI=1S/C48H34F2GeN2/c49-35-20-26-41(27-21-35)52(44-32-33-48-46(34-44)45-18-10-11-19-47(45)53(48)43-28-22-36(50)23-29-43)42-30-24-40(25-31-42)51(37-12-4-1-5-13-37,38-14-6-2-7-15-38)39-16-8-3-9-17-39/h1-34H. The number of halogens is 2. The maximum absolute atomic E-state index is 14.4. The first-order valence-electron chi connectivity index (χ1n) is 17.7. The van der Waals surface area contributed by atoms with Gasteiger partial charge in [-0.15, -0.1) is 0 Å². The molecule has 0 saturated heterocycles. The van der Waals surface area contributed by atoms with Crippen LogP contribution in [0.1, 0.15) is 0 Å². The zero-order chi connectivity index (χ0) is 35.8. The van der Waals surface area contributed by atoms with Crippen LogP contribution in [0.2, 0.25) is 0 Å². The number of rotatable bonds is 8. The molecule has 0 saturated carbocycles. The van der Waals surface area contributed by atoms with Crippen LogP contribution in [-0.4, -0.2) is 17.8 Å². The van der Waals surface area contributed by atoms with Gasteiger partial charge in [0.2, 0.25) is 0 Å². The van der Waals surface area contributed by atoms with Crippen molar-refractivity contribution in [1.82, 2.24) is 4.57 Å². The Morgan fingerprint density at radius 3 is 1.32 bits per heavy atom. The van der Waals surface area contributed by atoms with Crippen LogP contribution in [0, 0.1) is 11.6 Å². The Hall–Kier alpha value is -6.24. The van der Waals surface area contributed by atoms with E-state index in [9.17, 15) is 8.78 Å². The summed E-state index contributed by atoms with van der Waals surface area (Å²) < 4.78 is 35.9. The fourth-order valence-electron chi connectivity index (χ4n) is 7.93. The molecule has 1 aromatic heterocycles. The summed E-state index contributed by atoms with van der Waals surface area (Å²) in [4.78, 5) is 2.19. The Labute approximate surface area is 310 Å². The van der Waals surface area contributed by atoms with Crippen molar-refractivity contribution < 1.29 is 8.78 Å². The van der Waals surface area contributed by atoms with E-state index in [0.29, 0.717) is 0 Å². The number of hydrogen-bond acceptors (Lipinski definition) is 1. The fraction of sp³-hybridized carbons (Fsp3) is 0. The zero-order valence-corrected chi connectivity index (χ0v) is 30.9. The topological polar surface area (TPSA) is 8.17 Å². The van der Waals surface area contributed by atoms with E-state index in [1.165, 1.54) is 41.8 Å². The van der Waals surface area contributed by atoms with Crippen molar-refractivity contribution in [3.05, 3.63) is 218 Å². The van der Waals surface area contributed by atoms with Gasteiger partial charge >= 0.3 is 289 Å². The Bertz CT molecular complexity index is 2560. The molecule has 0 unspecified atom stereocenters. The Morgan fingerprint density at radius 1 is 0.358 bits per heavy atom. The summed E-state index contributed by atoms with van der Waals surface area (Å²) >= 11 is -3.47. The summed E-state index contributed by atoms with van der Waals surface area (Å²) in [6.45, 7) is 0. The van der Waals surface area contributed by atoms with Crippen LogP contribution < -0.4 is 22.5 Å². The second-order valence-corrected chi connectivity index (χ2v) is 21.2. The third-order valence-electron chi connectivity index (χ3n) is 10.3. The van der Waals surface area contributed by atoms with Gasteiger partial charge in [0.1, 0.15) is 5.82 Å². The summed E-state index contributed by atoms with van der Waals surface area (Å²) in [7, 11) is 0. The van der Waals surface area contributed by atoms with Gasteiger partial charge in [-0.05, 0) is 12.1 Å². The Balaban J connectivity index is 1.24. The van der Waals surface area contributed by atoms with E-state index >= 15 is 0 Å². The molecule has 8 aromatic carbocycles. The molecule has 0 aliphatic rings. The average Bonchev–Trinajstić information content (AvgIpc) is 3.55. The van der Waals surface area contributed by atoms with Crippen molar-refractivity contribution in [2.45, 2.75) is 0 Å². The van der Waals surface area contributed by atoms with Gasteiger partial charge in [-0.1, -0.05) is 0 Å². The number of aromatic nitrogens is 1. The third kappa shape index (κ3) is 5.72. The van der Waals surface area contributed by atoms with Crippen molar-refractivity contribution >= 4 is 69.7 Å². The molecular weight excluding hydrogens is 715 g/mol. The molecule has 9 aromatic rings. The van der Waals surface area contributed by atoms with E-state index in [2.05, 4.69) is 155 Å². The monoisotopic (exact) mass is 750 g/mol. The molecular formula is C48H34F2GeN2. The number of hydrogen-bond donors (Lipinski definition) is 0. The molecule has 9 rings (SSSR count). The molecule has 0 spiro atoms. The first-order valence-corrected chi connectivity index (χ1v) is 21.9. The van der Waals surface area contributed by atoms with Gasteiger partial charge in [-0.25, -0.2) is 4.39 Å². The zero-order valence-electron chi connectivity index (χ0n) is 28.8. The van der Waals surface area contributed by atoms with E-state index < -0.39 is 13.3 Å². The molecule has 53 heavy (non-hydrogen) atoms. The molecule has 1 heterocycles. The molecule has 0 amide bonds. The number of para-hydroxylation sites is 1. The molecule has 0 aliphatic heterocycles. The predicted molar refractivity (Wildman–Crippen MR) is 219 cm³/mol. The maximum atomic E-state index is 14.4. The van der Waals surface area contributed by atoms with E-state index in [-0.39, 0.29) is 11.6 Å². The van der Waals surface area contributed by atoms with Crippen molar-refractivity contribution in [1.29, 1.82) is 0 Å². The van der Waals surface area contributed by atoms with Gasteiger partial charge in [0.25, 0.3) is 0 Å². The molecule has 0 fully saturated rings. The quantitative estimate of drug-likeness (QED) is 0.141. The normalized spacial score (nSPS) is 11.6. The molecule has 0 aliphatic carbocycles. The molecule has 5 heteroatoms. The number of anilines is 3. The van der Waals surface area contributed by atoms with E-state index in [1.807, 2.05) is 36.4 Å². The summed E-state index contributed by atoms with van der Waals surface area (Å²) in [5.41, 5.74) is 5.70. The van der Waals surface area contributed by atoms with Gasteiger partial charge in [0, 0.05) is 0 Å². The van der Waals surface area contributed by atoms with E-state index in [1.54, 1.807) is 0 Å². The summed E-state index contributed by atoms with van der Waals surface area (Å²) in [6, 6.07) is 69.9. The second-order valence-electron chi connectivity index (χ2n) is 13.2. The van der Waals surface area contributed by atoms with Crippen molar-refractivity contribution in [3.63, 3.8) is 0 Å². The molecule has 0 bridgehead atoms. The van der Waals surface area contributed by atoms with Crippen LogP contribution in [0.15, 0.2) is 206 Å². The molecule has 2 nitrogen and oxygen atoms in total.